The summed E-state index contributed by atoms with van der Waals surface area (Å²) in [5.41, 5.74) is 6.73. The average Bonchev–Trinajstić information content (AvgIpc) is 3.11. The van der Waals surface area contributed by atoms with Crippen molar-refractivity contribution in [3.05, 3.63) is 18.1 Å². The van der Waals surface area contributed by atoms with Crippen LogP contribution in [0.5, 0.6) is 0 Å². The predicted octanol–water partition coefficient (Wildman–Crippen LogP) is 0.531. The number of aromatic nitrogens is 4. The van der Waals surface area contributed by atoms with Crippen LogP contribution in [-0.4, -0.2) is 40.5 Å². The number of nitrogens with zero attached hydrogens (tertiary/aromatic N) is 4. The van der Waals surface area contributed by atoms with E-state index in [4.69, 9.17) is 5.73 Å². The van der Waals surface area contributed by atoms with Crippen LogP contribution in [0.3, 0.4) is 0 Å². The quantitative estimate of drug-likeness (QED) is 0.846. The van der Waals surface area contributed by atoms with Crippen molar-refractivity contribution < 1.29 is 8.42 Å². The first kappa shape index (κ1) is 13.8. The zero-order chi connectivity index (χ0) is 15.2. The van der Waals surface area contributed by atoms with Crippen LogP contribution in [0.4, 0.5) is 11.6 Å². The van der Waals surface area contributed by atoms with Gasteiger partial charge in [-0.3, -0.25) is 0 Å². The molecule has 0 unspecified atom stereocenters. The van der Waals surface area contributed by atoms with E-state index >= 15 is 0 Å². The van der Waals surface area contributed by atoms with Crippen LogP contribution in [0.1, 0.15) is 18.5 Å². The molecule has 1 aliphatic rings. The number of anilines is 2. The van der Waals surface area contributed by atoms with E-state index in [9.17, 15) is 8.42 Å². The minimum absolute atomic E-state index is 0.0191. The second-order valence-corrected chi connectivity index (χ2v) is 7.14. The summed E-state index contributed by atoms with van der Waals surface area (Å²) in [6.07, 6.45) is 4.51. The molecule has 0 radical (unpaired) electrons. The van der Waals surface area contributed by atoms with E-state index in [2.05, 4.69) is 20.4 Å². The molecule has 0 spiro atoms. The van der Waals surface area contributed by atoms with Crippen molar-refractivity contribution in [3.8, 4) is 5.82 Å². The Kier molecular flexibility index (Phi) is 3.08. The van der Waals surface area contributed by atoms with E-state index < -0.39 is 9.84 Å². The minimum Gasteiger partial charge on any atom is -0.382 e. The highest BCUT2D eigenvalue weighted by Crippen LogP contribution is 2.32. The fraction of sp³-hybridized carbons (Fsp3) is 0.417. The summed E-state index contributed by atoms with van der Waals surface area (Å²) in [7, 11) is -3.49. The van der Waals surface area contributed by atoms with Crippen molar-refractivity contribution in [2.24, 2.45) is 0 Å². The number of nitrogens with two attached hydrogens (primary N) is 1. The molecule has 0 atom stereocenters. The standard InChI is InChI=1S/C12H16N6O2S/c1-7-5-9(15-6-14-7)18-11(13)10(21(2,19)20)12(17-18)16-8-3-4-8/h5-6,8H,3-4,13H2,1-2H3,(H,16,17). The molecule has 3 N–H and O–H groups in total. The van der Waals surface area contributed by atoms with Gasteiger partial charge in [0.15, 0.2) is 26.4 Å². The number of nitrogens with one attached hydrogen (secondary N) is 1. The van der Waals surface area contributed by atoms with Crippen molar-refractivity contribution in [2.75, 3.05) is 17.3 Å². The Balaban J connectivity index is 2.15. The maximum atomic E-state index is 12.0. The van der Waals surface area contributed by atoms with Gasteiger partial charge in [-0.25, -0.2) is 18.4 Å². The van der Waals surface area contributed by atoms with Gasteiger partial charge >= 0.3 is 0 Å². The van der Waals surface area contributed by atoms with Crippen molar-refractivity contribution in [1.29, 1.82) is 0 Å². The van der Waals surface area contributed by atoms with Crippen LogP contribution in [0.25, 0.3) is 5.82 Å². The van der Waals surface area contributed by atoms with Crippen LogP contribution in [0, 0.1) is 6.92 Å². The molecule has 2 aromatic rings. The molecule has 0 amide bonds. The van der Waals surface area contributed by atoms with E-state index in [0.29, 0.717) is 5.82 Å². The Morgan fingerprint density at radius 1 is 1.38 bits per heavy atom. The van der Waals surface area contributed by atoms with Crippen LogP contribution in [0.2, 0.25) is 0 Å². The van der Waals surface area contributed by atoms with Gasteiger partial charge < -0.3 is 11.1 Å². The maximum Gasteiger partial charge on any atom is 0.182 e. The van der Waals surface area contributed by atoms with Gasteiger partial charge in [0.25, 0.3) is 0 Å². The molecule has 2 heterocycles. The molecule has 3 rings (SSSR count). The third-order valence-electron chi connectivity index (χ3n) is 3.17. The van der Waals surface area contributed by atoms with Crippen LogP contribution in [-0.2, 0) is 9.84 Å². The van der Waals surface area contributed by atoms with Crippen molar-refractivity contribution in [1.82, 2.24) is 19.7 Å². The van der Waals surface area contributed by atoms with Gasteiger partial charge in [0, 0.05) is 24.1 Å². The Morgan fingerprint density at radius 2 is 2.10 bits per heavy atom. The molecular weight excluding hydrogens is 292 g/mol. The molecule has 2 aromatic heterocycles. The lowest BCUT2D eigenvalue weighted by Gasteiger charge is -2.03. The zero-order valence-electron chi connectivity index (χ0n) is 11.7. The van der Waals surface area contributed by atoms with E-state index in [1.807, 2.05) is 6.92 Å². The first-order valence-electron chi connectivity index (χ1n) is 6.50. The maximum absolute atomic E-state index is 12.0. The van der Waals surface area contributed by atoms with E-state index in [0.717, 1.165) is 24.8 Å². The first-order chi connectivity index (χ1) is 9.86. The van der Waals surface area contributed by atoms with Crippen molar-refractivity contribution >= 4 is 21.5 Å². The van der Waals surface area contributed by atoms with Crippen molar-refractivity contribution in [3.63, 3.8) is 0 Å². The monoisotopic (exact) mass is 308 g/mol. The smallest absolute Gasteiger partial charge is 0.182 e. The highest BCUT2D eigenvalue weighted by atomic mass is 32.2. The predicted molar refractivity (Wildman–Crippen MR) is 78.1 cm³/mol. The molecule has 1 saturated carbocycles. The summed E-state index contributed by atoms with van der Waals surface area (Å²) in [6, 6.07) is 1.96. The highest BCUT2D eigenvalue weighted by molar-refractivity contribution is 7.91. The molecule has 9 heteroatoms. The Labute approximate surface area is 122 Å². The summed E-state index contributed by atoms with van der Waals surface area (Å²) in [5, 5.41) is 7.38. The lowest BCUT2D eigenvalue weighted by molar-refractivity contribution is 0.602. The van der Waals surface area contributed by atoms with E-state index in [1.54, 1.807) is 6.07 Å². The van der Waals surface area contributed by atoms with Gasteiger partial charge in [-0.05, 0) is 19.8 Å². The molecule has 8 nitrogen and oxygen atoms in total. The summed E-state index contributed by atoms with van der Waals surface area (Å²) in [4.78, 5) is 8.11. The molecule has 1 aliphatic carbocycles. The molecule has 0 saturated heterocycles. The Bertz CT molecular complexity index is 794. The number of hydrogen-bond donors (Lipinski definition) is 2. The number of nitrogen functional groups attached to an aromatic ring is 1. The SMILES string of the molecule is Cc1cc(-n2nc(NC3CC3)c(S(C)(=O)=O)c2N)ncn1. The van der Waals surface area contributed by atoms with E-state index in [-0.39, 0.29) is 22.6 Å². The summed E-state index contributed by atoms with van der Waals surface area (Å²) < 4.78 is 25.3. The second kappa shape index (κ2) is 4.69. The molecule has 1 fully saturated rings. The number of sulfone groups is 1. The average molecular weight is 308 g/mol. The van der Waals surface area contributed by atoms with Crippen LogP contribution < -0.4 is 11.1 Å². The molecular formula is C12H16N6O2S. The summed E-state index contributed by atoms with van der Waals surface area (Å²) in [6.45, 7) is 1.81. The Hall–Kier alpha value is -2.16. The molecule has 0 bridgehead atoms. The lowest BCUT2D eigenvalue weighted by atomic mass is 10.4. The molecule has 112 valence electrons. The lowest BCUT2D eigenvalue weighted by Crippen LogP contribution is -2.08. The normalized spacial score (nSPS) is 15.1. The first-order valence-corrected chi connectivity index (χ1v) is 8.39. The number of hydrogen-bond acceptors (Lipinski definition) is 7. The zero-order valence-corrected chi connectivity index (χ0v) is 12.6. The summed E-state index contributed by atoms with van der Waals surface area (Å²) >= 11 is 0. The van der Waals surface area contributed by atoms with E-state index in [1.165, 1.54) is 11.0 Å². The third-order valence-corrected chi connectivity index (χ3v) is 4.32. The molecule has 0 aliphatic heterocycles. The van der Waals surface area contributed by atoms with Gasteiger partial charge in [-0.1, -0.05) is 0 Å². The van der Waals surface area contributed by atoms with Gasteiger partial charge in [-0.2, -0.15) is 4.68 Å². The second-order valence-electron chi connectivity index (χ2n) is 5.18. The fourth-order valence-corrected chi connectivity index (χ4v) is 2.95. The fourth-order valence-electron chi connectivity index (χ4n) is 2.03. The van der Waals surface area contributed by atoms with Gasteiger partial charge in [-0.15, -0.1) is 5.10 Å². The topological polar surface area (TPSA) is 116 Å². The Morgan fingerprint density at radius 3 is 2.67 bits per heavy atom. The third kappa shape index (κ3) is 2.68. The van der Waals surface area contributed by atoms with Crippen LogP contribution in [0.15, 0.2) is 17.3 Å². The molecule has 21 heavy (non-hydrogen) atoms. The van der Waals surface area contributed by atoms with Crippen molar-refractivity contribution in [2.45, 2.75) is 30.7 Å². The number of rotatable bonds is 4. The minimum atomic E-state index is -3.49. The highest BCUT2D eigenvalue weighted by Gasteiger charge is 2.29. The van der Waals surface area contributed by atoms with Gasteiger partial charge in [0.1, 0.15) is 12.1 Å². The molecule has 0 aromatic carbocycles. The van der Waals surface area contributed by atoms with Gasteiger partial charge in [0.05, 0.1) is 0 Å². The van der Waals surface area contributed by atoms with Crippen LogP contribution >= 0.6 is 0 Å². The number of aryl methyl sites for hydroxylation is 1. The summed E-state index contributed by atoms with van der Waals surface area (Å²) in [5.74, 6) is 0.779. The largest absolute Gasteiger partial charge is 0.382 e. The van der Waals surface area contributed by atoms with Gasteiger partial charge in [0.2, 0.25) is 0 Å².